The van der Waals surface area contributed by atoms with Gasteiger partial charge in [-0.15, -0.1) is 5.06 Å². The molecule has 0 aliphatic carbocycles. The first-order valence-corrected chi connectivity index (χ1v) is 12.3. The Hall–Kier alpha value is -2.74. The topological polar surface area (TPSA) is 146 Å². The summed E-state index contributed by atoms with van der Waals surface area (Å²) >= 11 is 0. The Kier molecular flexibility index (Phi) is 9.79. The lowest BCUT2D eigenvalue weighted by molar-refractivity contribution is -0.195. The van der Waals surface area contributed by atoms with Crippen LogP contribution >= 0.6 is 0 Å². The lowest BCUT2D eigenvalue weighted by Crippen LogP contribution is -2.53. The van der Waals surface area contributed by atoms with Gasteiger partial charge in [0.25, 0.3) is 5.91 Å². The van der Waals surface area contributed by atoms with Crippen molar-refractivity contribution < 1.29 is 37.6 Å². The van der Waals surface area contributed by atoms with Crippen LogP contribution in [0.5, 0.6) is 5.75 Å². The summed E-state index contributed by atoms with van der Waals surface area (Å²) < 4.78 is 33.0. The summed E-state index contributed by atoms with van der Waals surface area (Å²) in [4.78, 5) is 42.8. The number of benzene rings is 1. The number of rotatable bonds is 10. The Labute approximate surface area is 199 Å². The number of ether oxygens (including phenoxy) is 1. The van der Waals surface area contributed by atoms with Crippen LogP contribution in [-0.4, -0.2) is 91.6 Å². The zero-order chi connectivity index (χ0) is 25.5. The van der Waals surface area contributed by atoms with Gasteiger partial charge in [0.2, 0.25) is 15.9 Å². The molecule has 1 aliphatic heterocycles. The molecule has 2 amide bonds. The number of amides is 2. The highest BCUT2D eigenvalue weighted by atomic mass is 32.2. The van der Waals surface area contributed by atoms with Crippen LogP contribution < -0.4 is 10.2 Å². The summed E-state index contributed by atoms with van der Waals surface area (Å²) in [6.07, 6.45) is -0.176. The molecule has 0 spiro atoms. The zero-order valence-electron chi connectivity index (χ0n) is 19.8. The summed E-state index contributed by atoms with van der Waals surface area (Å²) in [6, 6.07) is 4.42. The molecule has 1 aromatic rings. The van der Waals surface area contributed by atoms with Crippen molar-refractivity contribution in [1.82, 2.24) is 19.7 Å². The third kappa shape index (κ3) is 6.88. The summed E-state index contributed by atoms with van der Waals surface area (Å²) in [6.45, 7) is 5.60. The van der Waals surface area contributed by atoms with Gasteiger partial charge in [-0.3, -0.25) is 19.6 Å². The second-order valence-corrected chi connectivity index (χ2v) is 9.99. The van der Waals surface area contributed by atoms with E-state index in [1.54, 1.807) is 18.7 Å². The van der Waals surface area contributed by atoms with Gasteiger partial charge in [-0.1, -0.05) is 13.8 Å². The van der Waals surface area contributed by atoms with E-state index in [2.05, 4.69) is 0 Å². The summed E-state index contributed by atoms with van der Waals surface area (Å²) in [5.74, 6) is -1.68. The molecule has 12 nitrogen and oxygen atoms in total. The molecule has 1 aliphatic rings. The average molecular weight is 501 g/mol. The third-order valence-corrected chi connectivity index (χ3v) is 7.28. The summed E-state index contributed by atoms with van der Waals surface area (Å²) in [7, 11) is -2.75. The van der Waals surface area contributed by atoms with E-state index in [0.717, 1.165) is 4.31 Å². The largest absolute Gasteiger partial charge is 0.497 e. The maximum absolute atomic E-state index is 13.5. The molecule has 1 unspecified atom stereocenters. The minimum absolute atomic E-state index is 0.0767. The minimum atomic E-state index is -4.20. The van der Waals surface area contributed by atoms with Crippen molar-refractivity contribution in [3.05, 3.63) is 24.3 Å². The van der Waals surface area contributed by atoms with Crippen molar-refractivity contribution in [1.29, 1.82) is 0 Å². The van der Waals surface area contributed by atoms with Gasteiger partial charge in [-0.25, -0.2) is 13.9 Å². The lowest BCUT2D eigenvalue weighted by Gasteiger charge is -2.35. The lowest BCUT2D eigenvalue weighted by atomic mass is 10.0. The van der Waals surface area contributed by atoms with Crippen molar-refractivity contribution in [3.63, 3.8) is 0 Å². The van der Waals surface area contributed by atoms with Gasteiger partial charge in [0.1, 0.15) is 11.8 Å². The predicted molar refractivity (Wildman–Crippen MR) is 120 cm³/mol. The van der Waals surface area contributed by atoms with Gasteiger partial charge < -0.3 is 14.5 Å². The van der Waals surface area contributed by atoms with Crippen molar-refractivity contribution >= 4 is 27.8 Å². The van der Waals surface area contributed by atoms with Gasteiger partial charge in [0.05, 0.1) is 25.1 Å². The highest BCUT2D eigenvalue weighted by molar-refractivity contribution is 7.89. The Bertz CT molecular complexity index is 959. The molecule has 34 heavy (non-hydrogen) atoms. The van der Waals surface area contributed by atoms with E-state index in [9.17, 15) is 28.0 Å². The molecule has 2 rings (SSSR count). The van der Waals surface area contributed by atoms with Crippen LogP contribution in [0.2, 0.25) is 0 Å². The van der Waals surface area contributed by atoms with Crippen molar-refractivity contribution in [3.8, 4) is 5.75 Å². The van der Waals surface area contributed by atoms with E-state index in [4.69, 9.17) is 9.57 Å². The van der Waals surface area contributed by atoms with E-state index in [1.807, 2.05) is 0 Å². The monoisotopic (exact) mass is 500 g/mol. The number of carbonyl (C=O) groups is 3. The number of nitrogens with zero attached hydrogens (tertiary/aromatic N) is 3. The van der Waals surface area contributed by atoms with E-state index in [-0.39, 0.29) is 23.8 Å². The van der Waals surface area contributed by atoms with Crippen LogP contribution in [0.3, 0.4) is 0 Å². The SMILES string of the molecule is COc1ccc(S(=O)(=O)N(CCC(=O)N2CCN(OC(C)=O)CC2)C(C(=O)NO)C(C)C)cc1. The molecule has 1 fully saturated rings. The molecule has 1 saturated heterocycles. The second kappa shape index (κ2) is 12.1. The van der Waals surface area contributed by atoms with Gasteiger partial charge in [-0.05, 0) is 30.2 Å². The Morgan fingerprint density at radius 3 is 2.18 bits per heavy atom. The van der Waals surface area contributed by atoms with Gasteiger partial charge in [-0.2, -0.15) is 4.31 Å². The standard InChI is InChI=1S/C21H32N4O8S/c1-15(2)20(21(28)22-29)25(34(30,31)18-7-5-17(32-4)6-8-18)10-9-19(27)23-11-13-24(14-12-23)33-16(3)26/h5-8,15,20,29H,9-14H2,1-4H3,(H,22,28). The van der Waals surface area contributed by atoms with Gasteiger partial charge in [0, 0.05) is 33.0 Å². The number of hydrogen-bond acceptors (Lipinski definition) is 9. The first kappa shape index (κ1) is 27.5. The summed E-state index contributed by atoms with van der Waals surface area (Å²) in [5.41, 5.74) is 1.53. The van der Waals surface area contributed by atoms with Crippen LogP contribution in [0.25, 0.3) is 0 Å². The van der Waals surface area contributed by atoms with E-state index >= 15 is 0 Å². The molecule has 190 valence electrons. The Morgan fingerprint density at radius 1 is 1.12 bits per heavy atom. The predicted octanol–water partition coefficient (Wildman–Crippen LogP) is 0.228. The Balaban J connectivity index is 2.22. The molecule has 0 radical (unpaired) electrons. The fourth-order valence-electron chi connectivity index (χ4n) is 3.70. The molecule has 13 heteroatoms. The maximum Gasteiger partial charge on any atom is 0.322 e. The zero-order valence-corrected chi connectivity index (χ0v) is 20.6. The smallest absolute Gasteiger partial charge is 0.322 e. The molecule has 0 bridgehead atoms. The molecular weight excluding hydrogens is 468 g/mol. The van der Waals surface area contributed by atoms with E-state index in [0.29, 0.717) is 31.9 Å². The fraction of sp³-hybridized carbons (Fsp3) is 0.571. The number of carbonyl (C=O) groups excluding carboxylic acids is 3. The van der Waals surface area contributed by atoms with Crippen LogP contribution in [-0.2, 0) is 29.2 Å². The van der Waals surface area contributed by atoms with E-state index in [1.165, 1.54) is 48.8 Å². The molecular formula is C21H32N4O8S. The highest BCUT2D eigenvalue weighted by Gasteiger charge is 2.38. The third-order valence-electron chi connectivity index (χ3n) is 5.38. The van der Waals surface area contributed by atoms with Crippen LogP contribution in [0.4, 0.5) is 0 Å². The molecule has 0 saturated carbocycles. The highest BCUT2D eigenvalue weighted by Crippen LogP contribution is 2.25. The van der Waals surface area contributed by atoms with Gasteiger partial charge >= 0.3 is 5.97 Å². The fourth-order valence-corrected chi connectivity index (χ4v) is 5.42. The first-order valence-electron chi connectivity index (χ1n) is 10.8. The number of hydroxylamine groups is 3. The van der Waals surface area contributed by atoms with Crippen LogP contribution in [0, 0.1) is 5.92 Å². The van der Waals surface area contributed by atoms with Crippen molar-refractivity contribution in [2.45, 2.75) is 38.1 Å². The number of methoxy groups -OCH3 is 1. The van der Waals surface area contributed by atoms with E-state index < -0.39 is 33.9 Å². The van der Waals surface area contributed by atoms with Crippen LogP contribution in [0.1, 0.15) is 27.2 Å². The van der Waals surface area contributed by atoms with Gasteiger partial charge in [0.15, 0.2) is 0 Å². The van der Waals surface area contributed by atoms with Crippen molar-refractivity contribution in [2.24, 2.45) is 5.92 Å². The second-order valence-electron chi connectivity index (χ2n) is 8.10. The first-order chi connectivity index (χ1) is 16.0. The molecule has 2 N–H and O–H groups in total. The van der Waals surface area contributed by atoms with Crippen molar-refractivity contribution in [2.75, 3.05) is 39.8 Å². The van der Waals surface area contributed by atoms with Crippen LogP contribution in [0.15, 0.2) is 29.2 Å². The molecule has 1 heterocycles. The number of sulfonamides is 1. The molecule has 1 aromatic carbocycles. The maximum atomic E-state index is 13.5. The molecule has 0 aromatic heterocycles. The minimum Gasteiger partial charge on any atom is -0.497 e. The number of hydrogen-bond donors (Lipinski definition) is 2. The summed E-state index contributed by atoms with van der Waals surface area (Å²) in [5, 5.41) is 10.7. The molecule has 1 atom stereocenters. The Morgan fingerprint density at radius 2 is 1.71 bits per heavy atom. The average Bonchev–Trinajstić information content (AvgIpc) is 2.80. The number of piperazine rings is 1. The normalized spacial score (nSPS) is 15.8. The number of nitrogens with one attached hydrogen (secondary N) is 1. The quantitative estimate of drug-likeness (QED) is 0.340.